The summed E-state index contributed by atoms with van der Waals surface area (Å²) in [4.78, 5) is 0. The lowest BCUT2D eigenvalue weighted by atomic mass is 10.1. The Kier molecular flexibility index (Phi) is 14.9. The molecule has 34 heavy (non-hydrogen) atoms. The topological polar surface area (TPSA) is 93.0 Å². The van der Waals surface area contributed by atoms with E-state index in [1.165, 1.54) is 12.8 Å². The third kappa shape index (κ3) is 11.0. The maximum atomic E-state index is 12.1. The molecule has 0 heterocycles. The molecule has 2 rings (SSSR count). The Morgan fingerprint density at radius 1 is 1.03 bits per heavy atom. The van der Waals surface area contributed by atoms with E-state index >= 15 is 0 Å². The van der Waals surface area contributed by atoms with Crippen molar-refractivity contribution in [1.29, 1.82) is 5.26 Å². The van der Waals surface area contributed by atoms with Gasteiger partial charge in [-0.2, -0.15) is 5.26 Å². The van der Waals surface area contributed by atoms with Crippen LogP contribution in [-0.2, 0) is 22.9 Å². The fourth-order valence-electron chi connectivity index (χ4n) is 4.62. The Balaban J connectivity index is 1.51. The molecule has 8 nitrogen and oxygen atoms in total. The van der Waals surface area contributed by atoms with E-state index in [4.69, 9.17) is 23.6 Å². The van der Waals surface area contributed by atoms with Gasteiger partial charge in [0.15, 0.2) is 0 Å². The number of rotatable bonds is 18. The lowest BCUT2D eigenvalue weighted by Gasteiger charge is -2.35. The molecule has 1 N–H and O–H groups in total. The maximum absolute atomic E-state index is 12.1. The van der Waals surface area contributed by atoms with Crippen molar-refractivity contribution >= 4 is 16.7 Å². The van der Waals surface area contributed by atoms with Crippen LogP contribution in [0.25, 0.3) is 0 Å². The Labute approximate surface area is 208 Å². The molecule has 0 bridgehead atoms. The van der Waals surface area contributed by atoms with Crippen LogP contribution in [0.4, 0.5) is 0 Å². The first-order chi connectivity index (χ1) is 16.5. The van der Waals surface area contributed by atoms with Crippen LogP contribution in [0.5, 0.6) is 0 Å². The first-order valence-electron chi connectivity index (χ1n) is 12.6. The zero-order valence-electron chi connectivity index (χ0n) is 21.3. The van der Waals surface area contributed by atoms with Crippen LogP contribution in [-0.4, -0.2) is 56.3 Å². The van der Waals surface area contributed by atoms with Crippen molar-refractivity contribution in [1.82, 2.24) is 9.76 Å². The van der Waals surface area contributed by atoms with Gasteiger partial charge in [0.05, 0.1) is 45.5 Å². The van der Waals surface area contributed by atoms with Gasteiger partial charge in [-0.25, -0.2) is 9.76 Å². The molecule has 1 saturated carbocycles. The number of nitriles is 1. The second kappa shape index (κ2) is 17.0. The number of ether oxygens (including phenoxy) is 1. The van der Waals surface area contributed by atoms with Crippen LogP contribution in [0.1, 0.15) is 66.2 Å². The van der Waals surface area contributed by atoms with Crippen LogP contribution in [0.15, 0.2) is 0 Å². The predicted octanol–water partition coefficient (Wildman–Crippen LogP) is 5.12. The second-order valence-electron chi connectivity index (χ2n) is 9.27. The quantitative estimate of drug-likeness (QED) is 0.153. The minimum atomic E-state index is -2.24. The van der Waals surface area contributed by atoms with Crippen molar-refractivity contribution in [2.24, 2.45) is 17.8 Å². The smallest absolute Gasteiger partial charge is 0.259 e. The molecule has 2 aliphatic rings. The molecule has 0 aliphatic heterocycles. The van der Waals surface area contributed by atoms with Crippen molar-refractivity contribution in [3.8, 4) is 17.9 Å². The van der Waals surface area contributed by atoms with Gasteiger partial charge in [0.25, 0.3) is 16.7 Å². The fraction of sp³-hybridized carbons (Fsp3) is 0.875. The van der Waals surface area contributed by atoms with E-state index in [1.807, 2.05) is 0 Å². The average molecular weight is 516 g/mol. The molecule has 194 valence electrons. The van der Waals surface area contributed by atoms with Crippen molar-refractivity contribution in [2.75, 3.05) is 39.6 Å². The van der Waals surface area contributed by atoms with Crippen LogP contribution in [0.3, 0.4) is 0 Å². The molecule has 0 spiro atoms. The summed E-state index contributed by atoms with van der Waals surface area (Å²) >= 11 is 0. The minimum absolute atomic E-state index is 0.267. The Bertz CT molecular complexity index is 681. The summed E-state index contributed by atoms with van der Waals surface area (Å²) in [6.45, 7) is 11.0. The Morgan fingerprint density at radius 2 is 1.68 bits per heavy atom. The van der Waals surface area contributed by atoms with E-state index in [0.717, 1.165) is 37.0 Å². The van der Waals surface area contributed by atoms with Crippen LogP contribution >= 0.6 is 16.7 Å². The Morgan fingerprint density at radius 3 is 2.29 bits per heavy atom. The first-order valence-corrected chi connectivity index (χ1v) is 15.1. The molecule has 2 unspecified atom stereocenters. The highest BCUT2D eigenvalue weighted by molar-refractivity contribution is 7.44. The van der Waals surface area contributed by atoms with Crippen molar-refractivity contribution in [3.63, 3.8) is 0 Å². The van der Waals surface area contributed by atoms with Crippen molar-refractivity contribution in [3.05, 3.63) is 0 Å². The highest BCUT2D eigenvalue weighted by atomic mass is 31.2. The van der Waals surface area contributed by atoms with E-state index in [1.54, 1.807) is 0 Å². The van der Waals surface area contributed by atoms with E-state index in [-0.39, 0.29) is 12.1 Å². The predicted molar refractivity (Wildman–Crippen MR) is 136 cm³/mol. The zero-order valence-corrected chi connectivity index (χ0v) is 23.1. The molecule has 0 aromatic carbocycles. The van der Waals surface area contributed by atoms with Crippen molar-refractivity contribution in [2.45, 2.75) is 78.3 Å². The third-order valence-corrected chi connectivity index (χ3v) is 9.24. The molecular formula is C24H43N3O5P2. The number of hydrogen-bond acceptors (Lipinski definition) is 7. The number of fused-ring (bicyclic) bond motifs is 1. The molecule has 2 aliphatic carbocycles. The summed E-state index contributed by atoms with van der Waals surface area (Å²) in [6, 6.07) is 2.63. The minimum Gasteiger partial charge on any atom is -0.378 e. The van der Waals surface area contributed by atoms with Gasteiger partial charge >= 0.3 is 0 Å². The molecule has 0 saturated heterocycles. The molecule has 5 atom stereocenters. The van der Waals surface area contributed by atoms with Gasteiger partial charge in [0, 0.05) is 31.5 Å². The lowest BCUT2D eigenvalue weighted by Crippen LogP contribution is -2.34. The summed E-state index contributed by atoms with van der Waals surface area (Å²) in [5, 5.41) is 11.7. The average Bonchev–Trinajstić information content (AvgIpc) is 3.41. The maximum Gasteiger partial charge on any atom is 0.259 e. The van der Waals surface area contributed by atoms with E-state index in [0.29, 0.717) is 46.0 Å². The molecular weight excluding hydrogens is 472 g/mol. The van der Waals surface area contributed by atoms with Crippen LogP contribution in [0.2, 0.25) is 0 Å². The highest BCUT2D eigenvalue weighted by Gasteiger charge is 2.47. The molecule has 0 aromatic rings. The van der Waals surface area contributed by atoms with Crippen molar-refractivity contribution < 1.29 is 22.9 Å². The number of nitrogens with one attached hydrogen (secondary N) is 1. The number of hydrogen-bond donors (Lipinski definition) is 1. The van der Waals surface area contributed by atoms with E-state index < -0.39 is 16.7 Å². The fourth-order valence-corrected chi connectivity index (χ4v) is 6.90. The molecule has 1 fully saturated rings. The first kappa shape index (κ1) is 29.7. The van der Waals surface area contributed by atoms with Gasteiger partial charge in [-0.3, -0.25) is 4.57 Å². The lowest BCUT2D eigenvalue weighted by molar-refractivity contribution is 0.0908. The van der Waals surface area contributed by atoms with Gasteiger partial charge in [-0.15, -0.1) is 11.8 Å². The summed E-state index contributed by atoms with van der Waals surface area (Å²) < 4.78 is 37.2. The molecule has 0 aromatic heterocycles. The number of nitrogens with zero attached hydrogens (tertiary/aromatic N) is 2. The SMILES string of the molecule is CC(C)N(C(C)C)P(OCCC#N)OCCOCCN[PH](=O)OCC[C@@H]1[C@@H]2CCC#CCC[C@@H]21. The summed E-state index contributed by atoms with van der Waals surface area (Å²) in [7, 11) is -3.49. The largest absolute Gasteiger partial charge is 0.378 e. The monoisotopic (exact) mass is 515 g/mol. The molecule has 0 radical (unpaired) electrons. The van der Waals surface area contributed by atoms with Crippen LogP contribution in [0, 0.1) is 40.9 Å². The van der Waals surface area contributed by atoms with Gasteiger partial charge in [0.2, 0.25) is 0 Å². The van der Waals surface area contributed by atoms with Gasteiger partial charge < -0.3 is 18.3 Å². The standard InChI is InChI=1S/C24H43N3O5P2/c1-20(2)27(21(3)4)34(31-15-9-13-25)32-19-18-29-17-14-26-33(28)30-16-12-24-22-10-7-5-6-8-11-23(22)24/h20-24,33H,7-12,14-19H2,1-4H3,(H,26,28)/t22-,23+,24-,34?. The Hall–Kier alpha value is -0.530. The van der Waals surface area contributed by atoms with E-state index in [9.17, 15) is 4.57 Å². The molecule has 0 amide bonds. The summed E-state index contributed by atoms with van der Waals surface area (Å²) in [6.07, 6.45) is 5.78. The van der Waals surface area contributed by atoms with Gasteiger partial charge in [-0.05, 0) is 64.7 Å². The molecule has 10 heteroatoms. The summed E-state index contributed by atoms with van der Waals surface area (Å²) in [5.41, 5.74) is 0. The summed E-state index contributed by atoms with van der Waals surface area (Å²) in [5.74, 6) is 8.79. The van der Waals surface area contributed by atoms with Gasteiger partial charge in [-0.1, -0.05) is 0 Å². The second-order valence-corrected chi connectivity index (χ2v) is 11.9. The van der Waals surface area contributed by atoms with E-state index in [2.05, 4.69) is 55.4 Å². The normalized spacial score (nSPS) is 23.5. The third-order valence-electron chi connectivity index (χ3n) is 6.13. The van der Waals surface area contributed by atoms with Crippen LogP contribution < -0.4 is 5.09 Å². The van der Waals surface area contributed by atoms with Gasteiger partial charge in [0.1, 0.15) is 0 Å². The zero-order chi connectivity index (χ0) is 24.8. The highest BCUT2D eigenvalue weighted by Crippen LogP contribution is 2.54.